The highest BCUT2D eigenvalue weighted by atomic mass is 31.2. The van der Waals surface area contributed by atoms with Crippen molar-refractivity contribution in [2.24, 2.45) is 0 Å². The molecule has 0 aliphatic heterocycles. The second-order valence-electron chi connectivity index (χ2n) is 4.51. The first-order valence-electron chi connectivity index (χ1n) is 4.78. The molecule has 92 valence electrons. The van der Waals surface area contributed by atoms with E-state index in [2.05, 4.69) is 20.8 Å². The fourth-order valence-electron chi connectivity index (χ4n) is 1.28. The van der Waals surface area contributed by atoms with Crippen LogP contribution in [0.25, 0.3) is 0 Å². The summed E-state index contributed by atoms with van der Waals surface area (Å²) in [5.41, 5.74) is 2.13. The summed E-state index contributed by atoms with van der Waals surface area (Å²) in [6, 6.07) is 5.82. The first-order chi connectivity index (χ1) is 7.14. The molecule has 0 aliphatic carbocycles. The molecule has 0 amide bonds. The number of benzene rings is 1. The SMILES string of the molecule is Cc1ccc(C(C)(C)C)c(O)c1.OP(O)F. The standard InChI is InChI=1S/C11H16O.FH2O2P/c1-8-5-6-9(10(12)7-8)11(2,3)4;1-4(2)3/h5-7,12H,1-4H3;2-3H. The molecule has 0 spiro atoms. The molecular formula is C11H18FO3P. The topological polar surface area (TPSA) is 60.7 Å². The van der Waals surface area contributed by atoms with Crippen LogP contribution >= 0.6 is 8.69 Å². The maximum absolute atomic E-state index is 10.2. The maximum Gasteiger partial charge on any atom is 0.369 e. The number of hydrogen-bond acceptors (Lipinski definition) is 3. The summed E-state index contributed by atoms with van der Waals surface area (Å²) < 4.78 is 10.2. The largest absolute Gasteiger partial charge is 0.508 e. The molecule has 1 rings (SSSR count). The van der Waals surface area contributed by atoms with Crippen molar-refractivity contribution >= 4 is 8.69 Å². The van der Waals surface area contributed by atoms with Crippen LogP contribution in [0.1, 0.15) is 31.9 Å². The van der Waals surface area contributed by atoms with Crippen molar-refractivity contribution in [1.29, 1.82) is 0 Å². The normalized spacial score (nSPS) is 11.0. The number of halogens is 1. The van der Waals surface area contributed by atoms with Crippen LogP contribution in [0, 0.1) is 6.92 Å². The molecule has 1 aromatic carbocycles. The van der Waals surface area contributed by atoms with E-state index in [4.69, 9.17) is 9.79 Å². The van der Waals surface area contributed by atoms with Gasteiger partial charge in [0, 0.05) is 0 Å². The number of rotatable bonds is 0. The van der Waals surface area contributed by atoms with Crippen molar-refractivity contribution in [3.63, 3.8) is 0 Å². The molecule has 0 aromatic heterocycles. The van der Waals surface area contributed by atoms with E-state index < -0.39 is 8.69 Å². The van der Waals surface area contributed by atoms with Gasteiger partial charge in [-0.2, -0.15) is 4.20 Å². The van der Waals surface area contributed by atoms with Gasteiger partial charge in [0.2, 0.25) is 0 Å². The van der Waals surface area contributed by atoms with Crippen LogP contribution in [0.4, 0.5) is 4.20 Å². The van der Waals surface area contributed by atoms with Gasteiger partial charge in [0.25, 0.3) is 0 Å². The predicted octanol–water partition coefficient (Wildman–Crippen LogP) is 3.17. The molecular weight excluding hydrogens is 230 g/mol. The van der Waals surface area contributed by atoms with Crippen LogP contribution in [-0.4, -0.2) is 14.9 Å². The Morgan fingerprint density at radius 2 is 1.62 bits per heavy atom. The molecule has 0 aliphatic rings. The average Bonchev–Trinajstić information content (AvgIpc) is 1.99. The van der Waals surface area contributed by atoms with E-state index in [1.807, 2.05) is 19.1 Å². The van der Waals surface area contributed by atoms with E-state index in [0.717, 1.165) is 11.1 Å². The van der Waals surface area contributed by atoms with Crippen LogP contribution in [-0.2, 0) is 5.41 Å². The zero-order valence-electron chi connectivity index (χ0n) is 9.90. The van der Waals surface area contributed by atoms with E-state index in [1.54, 1.807) is 6.07 Å². The van der Waals surface area contributed by atoms with E-state index in [9.17, 15) is 9.30 Å². The van der Waals surface area contributed by atoms with Gasteiger partial charge in [-0.05, 0) is 29.5 Å². The van der Waals surface area contributed by atoms with Gasteiger partial charge in [-0.15, -0.1) is 0 Å². The molecule has 0 radical (unpaired) electrons. The van der Waals surface area contributed by atoms with Gasteiger partial charge in [-0.3, -0.25) is 0 Å². The van der Waals surface area contributed by atoms with E-state index in [1.165, 1.54) is 0 Å². The fourth-order valence-corrected chi connectivity index (χ4v) is 1.28. The zero-order chi connectivity index (χ0) is 12.9. The Bertz CT molecular complexity index is 332. The van der Waals surface area contributed by atoms with Gasteiger partial charge in [-0.1, -0.05) is 32.9 Å². The molecule has 0 bridgehead atoms. The second kappa shape index (κ2) is 6.14. The van der Waals surface area contributed by atoms with Gasteiger partial charge in [0.15, 0.2) is 0 Å². The lowest BCUT2D eigenvalue weighted by Crippen LogP contribution is -2.11. The predicted molar refractivity (Wildman–Crippen MR) is 64.0 cm³/mol. The van der Waals surface area contributed by atoms with Crippen LogP contribution < -0.4 is 0 Å². The minimum Gasteiger partial charge on any atom is -0.508 e. The summed E-state index contributed by atoms with van der Waals surface area (Å²) in [5, 5.41) is 9.63. The van der Waals surface area contributed by atoms with Gasteiger partial charge in [0.05, 0.1) is 0 Å². The fraction of sp³-hybridized carbons (Fsp3) is 0.455. The molecule has 5 heteroatoms. The van der Waals surface area contributed by atoms with Crippen molar-refractivity contribution in [3.05, 3.63) is 29.3 Å². The van der Waals surface area contributed by atoms with Crippen LogP contribution in [0.5, 0.6) is 5.75 Å². The van der Waals surface area contributed by atoms with Crippen LogP contribution in [0.3, 0.4) is 0 Å². The summed E-state index contributed by atoms with van der Waals surface area (Å²) in [5.74, 6) is 0.405. The molecule has 16 heavy (non-hydrogen) atoms. The molecule has 0 saturated heterocycles. The number of aromatic hydroxyl groups is 1. The molecule has 3 nitrogen and oxygen atoms in total. The van der Waals surface area contributed by atoms with Gasteiger partial charge >= 0.3 is 8.69 Å². The quantitative estimate of drug-likeness (QED) is 0.618. The Morgan fingerprint density at radius 1 is 1.19 bits per heavy atom. The highest BCUT2D eigenvalue weighted by molar-refractivity contribution is 7.38. The van der Waals surface area contributed by atoms with E-state index >= 15 is 0 Å². The van der Waals surface area contributed by atoms with Crippen molar-refractivity contribution in [2.45, 2.75) is 33.1 Å². The minimum atomic E-state index is -3.12. The highest BCUT2D eigenvalue weighted by Crippen LogP contribution is 2.30. The third-order valence-corrected chi connectivity index (χ3v) is 1.96. The Hall–Kier alpha value is -0.700. The second-order valence-corrected chi connectivity index (χ2v) is 4.99. The molecule has 0 saturated carbocycles. The van der Waals surface area contributed by atoms with Crippen molar-refractivity contribution < 1.29 is 19.1 Å². The summed E-state index contributed by atoms with van der Waals surface area (Å²) in [6.45, 7) is 8.26. The van der Waals surface area contributed by atoms with Crippen molar-refractivity contribution in [1.82, 2.24) is 0 Å². The van der Waals surface area contributed by atoms with Crippen molar-refractivity contribution in [2.75, 3.05) is 0 Å². The number of aryl methyl sites for hydroxylation is 1. The smallest absolute Gasteiger partial charge is 0.369 e. The first-order valence-corrected chi connectivity index (χ1v) is 5.92. The Morgan fingerprint density at radius 3 is 1.94 bits per heavy atom. The number of phenolic OH excluding ortho intramolecular Hbond substituents is 1. The molecule has 1 aromatic rings. The first kappa shape index (κ1) is 15.3. The third-order valence-electron chi connectivity index (χ3n) is 1.96. The Labute approximate surface area is 96.6 Å². The highest BCUT2D eigenvalue weighted by Gasteiger charge is 2.17. The van der Waals surface area contributed by atoms with Gasteiger partial charge in [-0.25, -0.2) is 0 Å². The lowest BCUT2D eigenvalue weighted by Gasteiger charge is -2.20. The molecule has 0 fully saturated rings. The lowest BCUT2D eigenvalue weighted by atomic mass is 9.86. The monoisotopic (exact) mass is 248 g/mol. The summed E-state index contributed by atoms with van der Waals surface area (Å²) in [6.07, 6.45) is 0. The maximum atomic E-state index is 10.2. The van der Waals surface area contributed by atoms with Crippen LogP contribution in [0.2, 0.25) is 0 Å². The molecule has 3 N–H and O–H groups in total. The number of phenols is 1. The van der Waals surface area contributed by atoms with Gasteiger partial charge in [0.1, 0.15) is 5.75 Å². The van der Waals surface area contributed by atoms with Crippen molar-refractivity contribution in [3.8, 4) is 5.75 Å². The lowest BCUT2D eigenvalue weighted by molar-refractivity contribution is 0.428. The van der Waals surface area contributed by atoms with Gasteiger partial charge < -0.3 is 14.9 Å². The third kappa shape index (κ3) is 6.01. The molecule has 0 heterocycles. The number of hydrogen-bond donors (Lipinski definition) is 3. The minimum absolute atomic E-state index is 0.0256. The summed E-state index contributed by atoms with van der Waals surface area (Å²) >= 11 is 0. The van der Waals surface area contributed by atoms with Crippen LogP contribution in [0.15, 0.2) is 18.2 Å². The summed E-state index contributed by atoms with van der Waals surface area (Å²) in [7, 11) is -3.12. The summed E-state index contributed by atoms with van der Waals surface area (Å²) in [4.78, 5) is 14.0. The average molecular weight is 248 g/mol. The van der Waals surface area contributed by atoms with E-state index in [-0.39, 0.29) is 5.41 Å². The molecule has 0 unspecified atom stereocenters. The Balaban J connectivity index is 0.000000487. The molecule has 0 atom stereocenters. The zero-order valence-corrected chi connectivity index (χ0v) is 10.8. The Kier molecular flexibility index (Phi) is 5.87. The van der Waals surface area contributed by atoms with E-state index in [0.29, 0.717) is 5.75 Å².